The Morgan fingerprint density at radius 3 is 2.77 bits per heavy atom. The van der Waals surface area contributed by atoms with Crippen molar-refractivity contribution in [2.45, 2.75) is 26.7 Å². The number of halogens is 1. The summed E-state index contributed by atoms with van der Waals surface area (Å²) in [5.74, 6) is 0.113. The van der Waals surface area contributed by atoms with Crippen LogP contribution in [0, 0.1) is 6.92 Å². The number of nitrogens with one attached hydrogen (secondary N) is 1. The number of hydrogen-bond donors (Lipinski definition) is 1. The normalized spacial score (nSPS) is 15.2. The lowest BCUT2D eigenvalue weighted by Gasteiger charge is -2.17. The molecule has 0 saturated carbocycles. The van der Waals surface area contributed by atoms with Gasteiger partial charge in [0.2, 0.25) is 0 Å². The van der Waals surface area contributed by atoms with Gasteiger partial charge in [0.15, 0.2) is 10.9 Å². The van der Waals surface area contributed by atoms with Gasteiger partial charge < -0.3 is 4.74 Å². The molecule has 0 bridgehead atoms. The molecule has 1 aliphatic heterocycles. The van der Waals surface area contributed by atoms with Gasteiger partial charge in [-0.15, -0.1) is 0 Å². The molecule has 0 radical (unpaired) electrons. The van der Waals surface area contributed by atoms with E-state index in [0.717, 1.165) is 37.9 Å². The Hall–Kier alpha value is -2.16. The van der Waals surface area contributed by atoms with Crippen molar-refractivity contribution in [3.8, 4) is 5.75 Å². The smallest absolute Gasteiger partial charge is 0.285 e. The zero-order valence-corrected chi connectivity index (χ0v) is 20.0. The molecule has 2 aromatic rings. The average Bonchev–Trinajstić information content (AvgIpc) is 2.93. The zero-order valence-electron chi connectivity index (χ0n) is 16.8. The van der Waals surface area contributed by atoms with Crippen LogP contribution in [0.3, 0.4) is 0 Å². The molecule has 1 heterocycles. The highest BCUT2D eigenvalue weighted by molar-refractivity contribution is 9.10. The Balaban J connectivity index is 1.65. The molecule has 0 aromatic heterocycles. The molecule has 30 heavy (non-hydrogen) atoms. The minimum Gasteiger partial charge on any atom is -0.483 e. The maximum atomic E-state index is 12.7. The Labute approximate surface area is 194 Å². The van der Waals surface area contributed by atoms with E-state index in [1.165, 1.54) is 0 Å². The van der Waals surface area contributed by atoms with Gasteiger partial charge in [-0.1, -0.05) is 65.8 Å². The van der Waals surface area contributed by atoms with Crippen LogP contribution in [0.15, 0.2) is 51.8 Å². The lowest BCUT2D eigenvalue weighted by molar-refractivity contribution is -0.134. The SMILES string of the molecule is Cc1ccc(C(C)C)c(OCC(=O)NN2C(=O)/C(=C\c3cccc(Br)c3)SC2=S)c1. The third-order valence-electron chi connectivity index (χ3n) is 4.33. The van der Waals surface area contributed by atoms with Crippen molar-refractivity contribution in [3.63, 3.8) is 0 Å². The molecule has 2 aromatic carbocycles. The number of nitrogens with zero attached hydrogens (tertiary/aromatic N) is 1. The number of hydrogen-bond acceptors (Lipinski definition) is 5. The van der Waals surface area contributed by atoms with Crippen molar-refractivity contribution < 1.29 is 14.3 Å². The molecule has 0 atom stereocenters. The first-order chi connectivity index (χ1) is 14.2. The predicted octanol–water partition coefficient (Wildman–Crippen LogP) is 5.19. The first-order valence-corrected chi connectivity index (χ1v) is 11.3. The summed E-state index contributed by atoms with van der Waals surface area (Å²) in [7, 11) is 0. The van der Waals surface area contributed by atoms with Crippen molar-refractivity contribution in [1.29, 1.82) is 0 Å². The van der Waals surface area contributed by atoms with Crippen molar-refractivity contribution in [2.24, 2.45) is 0 Å². The molecule has 1 saturated heterocycles. The van der Waals surface area contributed by atoms with E-state index < -0.39 is 5.91 Å². The number of thiocarbonyl (C=S) groups is 1. The molecule has 2 amide bonds. The van der Waals surface area contributed by atoms with Gasteiger partial charge in [0.1, 0.15) is 5.75 Å². The maximum Gasteiger partial charge on any atom is 0.285 e. The second-order valence-corrected chi connectivity index (χ2v) is 9.68. The molecule has 0 spiro atoms. The third kappa shape index (κ3) is 5.50. The van der Waals surface area contributed by atoms with Crippen LogP contribution in [0.2, 0.25) is 0 Å². The summed E-state index contributed by atoms with van der Waals surface area (Å²) in [6, 6.07) is 13.5. The van der Waals surface area contributed by atoms with Gasteiger partial charge in [-0.25, -0.2) is 0 Å². The molecule has 1 aliphatic rings. The average molecular weight is 505 g/mol. The molecular formula is C22H21BrN2O3S2. The van der Waals surface area contributed by atoms with E-state index in [2.05, 4.69) is 35.2 Å². The van der Waals surface area contributed by atoms with Crippen LogP contribution in [-0.4, -0.2) is 27.8 Å². The standard InChI is InChI=1S/C22H21BrN2O3S2/c1-13(2)17-8-7-14(3)9-18(17)28-12-20(26)24-25-21(27)19(30-22(25)29)11-15-5-4-6-16(23)10-15/h4-11,13H,12H2,1-3H3,(H,24,26)/b19-11+. The summed E-state index contributed by atoms with van der Waals surface area (Å²) in [6.07, 6.45) is 1.74. The minimum absolute atomic E-state index is 0.217. The lowest BCUT2D eigenvalue weighted by atomic mass is 10.0. The van der Waals surface area contributed by atoms with E-state index in [9.17, 15) is 9.59 Å². The van der Waals surface area contributed by atoms with Gasteiger partial charge in [-0.2, -0.15) is 5.01 Å². The molecule has 3 rings (SSSR count). The van der Waals surface area contributed by atoms with Gasteiger partial charge in [0, 0.05) is 4.47 Å². The monoisotopic (exact) mass is 504 g/mol. The van der Waals surface area contributed by atoms with Crippen molar-refractivity contribution >= 4 is 62.1 Å². The molecule has 5 nitrogen and oxygen atoms in total. The van der Waals surface area contributed by atoms with E-state index >= 15 is 0 Å². The van der Waals surface area contributed by atoms with Gasteiger partial charge in [-0.3, -0.25) is 15.0 Å². The second-order valence-electron chi connectivity index (χ2n) is 7.09. The quantitative estimate of drug-likeness (QED) is 0.433. The van der Waals surface area contributed by atoms with E-state index in [4.69, 9.17) is 17.0 Å². The van der Waals surface area contributed by atoms with Gasteiger partial charge in [0.25, 0.3) is 11.8 Å². The van der Waals surface area contributed by atoms with Crippen LogP contribution in [0.25, 0.3) is 6.08 Å². The van der Waals surface area contributed by atoms with E-state index in [-0.39, 0.29) is 22.8 Å². The van der Waals surface area contributed by atoms with Crippen molar-refractivity contribution in [1.82, 2.24) is 10.4 Å². The van der Waals surface area contributed by atoms with Crippen molar-refractivity contribution in [2.75, 3.05) is 6.61 Å². The molecule has 156 valence electrons. The van der Waals surface area contributed by atoms with E-state index in [1.54, 1.807) is 6.08 Å². The second kappa shape index (κ2) is 9.76. The Morgan fingerprint density at radius 1 is 1.30 bits per heavy atom. The molecule has 1 fully saturated rings. The van der Waals surface area contributed by atoms with Crippen LogP contribution < -0.4 is 10.2 Å². The number of hydrazine groups is 1. The molecule has 1 N–H and O–H groups in total. The molecule has 0 aliphatic carbocycles. The van der Waals surface area contributed by atoms with E-state index in [1.807, 2.05) is 49.4 Å². The summed E-state index contributed by atoms with van der Waals surface area (Å²) >= 11 is 9.82. The molecule has 8 heteroatoms. The summed E-state index contributed by atoms with van der Waals surface area (Å²) in [6.45, 7) is 5.88. The van der Waals surface area contributed by atoms with Crippen LogP contribution >= 0.6 is 39.9 Å². The van der Waals surface area contributed by atoms with Gasteiger partial charge >= 0.3 is 0 Å². The Bertz CT molecular complexity index is 1040. The topological polar surface area (TPSA) is 58.6 Å². The number of carbonyl (C=O) groups excluding carboxylic acids is 2. The van der Waals surface area contributed by atoms with Crippen LogP contribution in [0.4, 0.5) is 0 Å². The van der Waals surface area contributed by atoms with Crippen LogP contribution in [0.5, 0.6) is 5.75 Å². The number of rotatable bonds is 6. The van der Waals surface area contributed by atoms with E-state index in [0.29, 0.717) is 10.7 Å². The summed E-state index contributed by atoms with van der Waals surface area (Å²) < 4.78 is 6.92. The fourth-order valence-electron chi connectivity index (χ4n) is 2.86. The van der Waals surface area contributed by atoms with Gasteiger partial charge in [-0.05, 0) is 66.0 Å². The fourth-order valence-corrected chi connectivity index (χ4v) is 4.45. The van der Waals surface area contributed by atoms with Crippen LogP contribution in [-0.2, 0) is 9.59 Å². The highest BCUT2D eigenvalue weighted by Crippen LogP contribution is 2.32. The van der Waals surface area contributed by atoms with Gasteiger partial charge in [0.05, 0.1) is 4.91 Å². The first-order valence-electron chi connectivity index (χ1n) is 9.31. The Kier molecular flexibility index (Phi) is 7.33. The Morgan fingerprint density at radius 2 is 2.07 bits per heavy atom. The number of thioether (sulfide) groups is 1. The van der Waals surface area contributed by atoms with Crippen molar-refractivity contribution in [3.05, 3.63) is 68.5 Å². The minimum atomic E-state index is -0.453. The number of ether oxygens (including phenoxy) is 1. The molecule has 0 unspecified atom stereocenters. The number of aryl methyl sites for hydroxylation is 1. The summed E-state index contributed by atoms with van der Waals surface area (Å²) in [5, 5.41) is 1.09. The summed E-state index contributed by atoms with van der Waals surface area (Å²) in [4.78, 5) is 25.5. The first kappa shape index (κ1) is 22.5. The number of amides is 2. The molecular weight excluding hydrogens is 484 g/mol. The highest BCUT2D eigenvalue weighted by atomic mass is 79.9. The maximum absolute atomic E-state index is 12.7. The lowest BCUT2D eigenvalue weighted by Crippen LogP contribution is -2.46. The summed E-state index contributed by atoms with van der Waals surface area (Å²) in [5.41, 5.74) is 5.48. The fraction of sp³-hybridized carbons (Fsp3) is 0.227. The third-order valence-corrected chi connectivity index (χ3v) is 6.12. The predicted molar refractivity (Wildman–Crippen MR) is 128 cm³/mol. The highest BCUT2D eigenvalue weighted by Gasteiger charge is 2.33. The largest absolute Gasteiger partial charge is 0.483 e. The number of carbonyl (C=O) groups is 2. The number of benzene rings is 2. The zero-order chi connectivity index (χ0) is 21.8. The van der Waals surface area contributed by atoms with Crippen LogP contribution in [0.1, 0.15) is 36.5 Å².